The van der Waals surface area contributed by atoms with E-state index in [-0.39, 0.29) is 42.8 Å². The van der Waals surface area contributed by atoms with Gasteiger partial charge in [0.15, 0.2) is 0 Å². The molecule has 10 heteroatoms. The lowest BCUT2D eigenvalue weighted by atomic mass is 10.1. The summed E-state index contributed by atoms with van der Waals surface area (Å²) in [7, 11) is 0. The molecule has 2 N–H and O–H groups in total. The van der Waals surface area contributed by atoms with Gasteiger partial charge in [-0.3, -0.25) is 19.0 Å². The summed E-state index contributed by atoms with van der Waals surface area (Å²) in [6.07, 6.45) is 1.73. The summed E-state index contributed by atoms with van der Waals surface area (Å²) in [6, 6.07) is 14.2. The Morgan fingerprint density at radius 3 is 2.42 bits per heavy atom. The summed E-state index contributed by atoms with van der Waals surface area (Å²) in [5, 5.41) is 10.3. The molecular weight excluding hydrogens is 460 g/mol. The Morgan fingerprint density at radius 2 is 1.72 bits per heavy atom. The van der Waals surface area contributed by atoms with Crippen molar-refractivity contribution in [2.24, 2.45) is 0 Å². The summed E-state index contributed by atoms with van der Waals surface area (Å²) < 4.78 is 3.66. The molecule has 4 aromatic rings. The van der Waals surface area contributed by atoms with Crippen molar-refractivity contribution in [3.8, 4) is 0 Å². The number of anilines is 1. The molecule has 0 saturated heterocycles. The third kappa shape index (κ3) is 5.07. The molecule has 0 aliphatic rings. The number of aromatic nitrogens is 4. The zero-order valence-electron chi connectivity index (χ0n) is 20.7. The van der Waals surface area contributed by atoms with Gasteiger partial charge in [0.05, 0.1) is 10.9 Å². The molecule has 0 aliphatic heterocycles. The van der Waals surface area contributed by atoms with Gasteiger partial charge in [0.1, 0.15) is 6.54 Å². The molecule has 4 rings (SSSR count). The van der Waals surface area contributed by atoms with Crippen molar-refractivity contribution in [1.29, 1.82) is 0 Å². The first-order valence-electron chi connectivity index (χ1n) is 12.1. The fraction of sp³-hybridized carbons (Fsp3) is 0.346. The van der Waals surface area contributed by atoms with E-state index in [1.165, 1.54) is 8.97 Å². The summed E-state index contributed by atoms with van der Waals surface area (Å²) >= 11 is 0. The second kappa shape index (κ2) is 10.6. The number of para-hydroxylation sites is 1. The molecule has 10 nitrogen and oxygen atoms in total. The lowest BCUT2D eigenvalue weighted by molar-refractivity contribution is -0.122. The summed E-state index contributed by atoms with van der Waals surface area (Å²) in [5.74, 6) is -0.533. The number of aryl methyl sites for hydroxylation is 2. The van der Waals surface area contributed by atoms with E-state index in [0.717, 1.165) is 23.1 Å². The maximum atomic E-state index is 13.3. The highest BCUT2D eigenvalue weighted by Gasteiger charge is 2.19. The lowest BCUT2D eigenvalue weighted by Crippen LogP contribution is -2.34. The summed E-state index contributed by atoms with van der Waals surface area (Å²) in [4.78, 5) is 51.6. The minimum Gasteiger partial charge on any atom is -0.354 e. The van der Waals surface area contributed by atoms with Gasteiger partial charge < -0.3 is 10.6 Å². The number of hydrogen-bond acceptors (Lipinski definition) is 5. The van der Waals surface area contributed by atoms with Crippen LogP contribution in [0.4, 0.5) is 5.69 Å². The highest BCUT2D eigenvalue weighted by molar-refractivity contribution is 5.90. The first-order valence-corrected chi connectivity index (χ1v) is 12.1. The van der Waals surface area contributed by atoms with Crippen LogP contribution in [-0.4, -0.2) is 36.6 Å². The van der Waals surface area contributed by atoms with Crippen molar-refractivity contribution in [3.63, 3.8) is 0 Å². The minimum atomic E-state index is -0.546. The van der Waals surface area contributed by atoms with Crippen LogP contribution in [0.5, 0.6) is 0 Å². The average Bonchev–Trinajstić information content (AvgIpc) is 3.19. The van der Waals surface area contributed by atoms with E-state index in [1.54, 1.807) is 36.4 Å². The van der Waals surface area contributed by atoms with Crippen molar-refractivity contribution in [2.75, 3.05) is 5.32 Å². The number of carbonyl (C=O) groups is 2. The Bertz CT molecular complexity index is 1530. The van der Waals surface area contributed by atoms with Crippen molar-refractivity contribution >= 4 is 34.2 Å². The molecule has 188 valence electrons. The van der Waals surface area contributed by atoms with Gasteiger partial charge in [-0.15, -0.1) is 5.10 Å². The maximum absolute atomic E-state index is 13.3. The molecule has 2 aromatic carbocycles. The number of amides is 2. The number of carbonyl (C=O) groups excluding carboxylic acids is 2. The van der Waals surface area contributed by atoms with Crippen LogP contribution >= 0.6 is 0 Å². The Morgan fingerprint density at radius 1 is 1.00 bits per heavy atom. The van der Waals surface area contributed by atoms with Crippen LogP contribution in [0.2, 0.25) is 0 Å². The molecule has 0 aliphatic carbocycles. The van der Waals surface area contributed by atoms with E-state index in [0.29, 0.717) is 16.6 Å². The van der Waals surface area contributed by atoms with Gasteiger partial charge in [0.2, 0.25) is 17.6 Å². The van der Waals surface area contributed by atoms with Crippen LogP contribution in [0.25, 0.3) is 16.7 Å². The molecule has 0 bridgehead atoms. The lowest BCUT2D eigenvalue weighted by Gasteiger charge is -2.12. The molecule has 36 heavy (non-hydrogen) atoms. The van der Waals surface area contributed by atoms with E-state index < -0.39 is 11.6 Å². The van der Waals surface area contributed by atoms with Crippen molar-refractivity contribution in [3.05, 3.63) is 74.9 Å². The number of benzene rings is 2. The number of rotatable bonds is 9. The largest absolute Gasteiger partial charge is 0.354 e. The van der Waals surface area contributed by atoms with Gasteiger partial charge in [0.25, 0.3) is 5.56 Å². The second-order valence-corrected chi connectivity index (χ2v) is 8.78. The first-order chi connectivity index (χ1) is 17.3. The molecule has 0 spiro atoms. The van der Waals surface area contributed by atoms with Crippen LogP contribution in [0.3, 0.4) is 0 Å². The molecule has 0 radical (unpaired) electrons. The van der Waals surface area contributed by atoms with Gasteiger partial charge in [0, 0.05) is 24.7 Å². The summed E-state index contributed by atoms with van der Waals surface area (Å²) in [6.45, 7) is 5.64. The van der Waals surface area contributed by atoms with Gasteiger partial charge >= 0.3 is 5.69 Å². The van der Waals surface area contributed by atoms with E-state index in [2.05, 4.69) is 15.7 Å². The van der Waals surface area contributed by atoms with Gasteiger partial charge in [-0.2, -0.15) is 0 Å². The van der Waals surface area contributed by atoms with Gasteiger partial charge in [-0.05, 0) is 49.6 Å². The van der Waals surface area contributed by atoms with Crippen LogP contribution in [0, 0.1) is 0 Å². The SMILES string of the molecule is CCc1ccc(NC(=O)Cn2nc3n(CCC(=O)NC(C)CC)c(=O)c4ccccc4n3c2=O)cc1. The Labute approximate surface area is 207 Å². The van der Waals surface area contributed by atoms with Crippen LogP contribution in [0.1, 0.15) is 39.2 Å². The standard InChI is InChI=1S/C26H30N6O4/c1-4-17(3)27-22(33)14-15-30-24(35)20-8-6-7-9-21(20)32-25(30)29-31(26(32)36)16-23(34)28-19-12-10-18(5-2)11-13-19/h6-13,17H,4-5,14-16H2,1-3H3,(H,27,33)(H,28,34). The quantitative estimate of drug-likeness (QED) is 0.373. The number of nitrogens with one attached hydrogen (secondary N) is 2. The number of fused-ring (bicyclic) bond motifs is 3. The van der Waals surface area contributed by atoms with Crippen molar-refractivity contribution in [2.45, 2.75) is 59.2 Å². The molecular formula is C26H30N6O4. The topological polar surface area (TPSA) is 120 Å². The molecule has 0 fully saturated rings. The van der Waals surface area contributed by atoms with Crippen LogP contribution < -0.4 is 21.9 Å². The first kappa shape index (κ1) is 24.9. The minimum absolute atomic E-state index is 0.0179. The predicted molar refractivity (Wildman–Crippen MR) is 138 cm³/mol. The molecule has 1 unspecified atom stereocenters. The second-order valence-electron chi connectivity index (χ2n) is 8.78. The highest BCUT2D eigenvalue weighted by atomic mass is 16.2. The molecule has 2 amide bonds. The van der Waals surface area contributed by atoms with E-state index in [4.69, 9.17) is 0 Å². The average molecular weight is 491 g/mol. The monoisotopic (exact) mass is 490 g/mol. The van der Waals surface area contributed by atoms with Crippen LogP contribution in [-0.2, 0) is 29.1 Å². The summed E-state index contributed by atoms with van der Waals surface area (Å²) in [5.41, 5.74) is 1.25. The predicted octanol–water partition coefficient (Wildman–Crippen LogP) is 2.32. The van der Waals surface area contributed by atoms with Gasteiger partial charge in [-0.25, -0.2) is 13.9 Å². The van der Waals surface area contributed by atoms with Crippen LogP contribution in [0.15, 0.2) is 58.1 Å². The third-order valence-electron chi connectivity index (χ3n) is 6.21. The fourth-order valence-corrected chi connectivity index (χ4v) is 3.99. The Hall–Kier alpha value is -4.21. The third-order valence-corrected chi connectivity index (χ3v) is 6.21. The maximum Gasteiger partial charge on any atom is 0.352 e. The molecule has 2 heterocycles. The van der Waals surface area contributed by atoms with Crippen molar-refractivity contribution in [1.82, 2.24) is 24.1 Å². The van der Waals surface area contributed by atoms with E-state index in [9.17, 15) is 19.2 Å². The zero-order chi connectivity index (χ0) is 25.8. The fourth-order valence-electron chi connectivity index (χ4n) is 3.99. The molecule has 2 aromatic heterocycles. The molecule has 0 saturated carbocycles. The van der Waals surface area contributed by atoms with Gasteiger partial charge in [-0.1, -0.05) is 38.1 Å². The van der Waals surface area contributed by atoms with E-state index >= 15 is 0 Å². The Balaban J connectivity index is 1.68. The number of hydrogen-bond donors (Lipinski definition) is 2. The van der Waals surface area contributed by atoms with Crippen molar-refractivity contribution < 1.29 is 9.59 Å². The molecule has 1 atom stereocenters. The zero-order valence-corrected chi connectivity index (χ0v) is 20.7. The van der Waals surface area contributed by atoms with E-state index in [1.807, 2.05) is 32.9 Å². The Kier molecular flexibility index (Phi) is 7.33. The number of nitrogens with zero attached hydrogens (tertiary/aromatic N) is 4. The smallest absolute Gasteiger partial charge is 0.352 e. The highest BCUT2D eigenvalue weighted by Crippen LogP contribution is 2.12. The normalized spacial score (nSPS) is 12.1.